The summed E-state index contributed by atoms with van der Waals surface area (Å²) in [6.45, 7) is 5.98. The van der Waals surface area contributed by atoms with E-state index in [0.29, 0.717) is 4.88 Å². The van der Waals surface area contributed by atoms with Crippen molar-refractivity contribution < 1.29 is 4.79 Å². The van der Waals surface area contributed by atoms with Gasteiger partial charge in [0, 0.05) is 46.2 Å². The Labute approximate surface area is 184 Å². The molecule has 4 aromatic rings. The summed E-state index contributed by atoms with van der Waals surface area (Å²) in [5.41, 5.74) is 3.83. The van der Waals surface area contributed by atoms with Crippen molar-refractivity contribution in [3.05, 3.63) is 76.3 Å². The van der Waals surface area contributed by atoms with Crippen LogP contribution in [-0.2, 0) is 12.2 Å². The number of aryl methyl sites for hydroxylation is 3. The van der Waals surface area contributed by atoms with Gasteiger partial charge >= 0.3 is 0 Å². The quantitative estimate of drug-likeness (QED) is 0.388. The van der Waals surface area contributed by atoms with Crippen LogP contribution < -0.4 is 5.32 Å². The summed E-state index contributed by atoms with van der Waals surface area (Å²) in [6, 6.07) is 11.9. The van der Waals surface area contributed by atoms with E-state index in [2.05, 4.69) is 26.3 Å². The summed E-state index contributed by atoms with van der Waals surface area (Å²) < 4.78 is 0. The fraction of sp³-hybridized carbons (Fsp3) is 0.217. The molecule has 0 atom stereocenters. The summed E-state index contributed by atoms with van der Waals surface area (Å²) >= 11 is 3.17. The molecule has 0 fully saturated rings. The number of thioether (sulfide) groups is 1. The van der Waals surface area contributed by atoms with Crippen molar-refractivity contribution in [3.63, 3.8) is 0 Å². The molecule has 4 rings (SSSR count). The summed E-state index contributed by atoms with van der Waals surface area (Å²) in [6.07, 6.45) is 4.44. The van der Waals surface area contributed by atoms with Crippen LogP contribution in [0.4, 0.5) is 5.69 Å². The Kier molecular flexibility index (Phi) is 6.11. The molecule has 0 saturated heterocycles. The lowest BCUT2D eigenvalue weighted by molar-refractivity contribution is 0.103. The van der Waals surface area contributed by atoms with Gasteiger partial charge in [-0.15, -0.1) is 23.1 Å². The van der Waals surface area contributed by atoms with E-state index in [1.165, 1.54) is 16.9 Å². The molecule has 0 aliphatic rings. The molecule has 30 heavy (non-hydrogen) atoms. The van der Waals surface area contributed by atoms with Crippen molar-refractivity contribution in [1.82, 2.24) is 15.0 Å². The second-order valence-electron chi connectivity index (χ2n) is 6.94. The van der Waals surface area contributed by atoms with Crippen molar-refractivity contribution in [2.75, 3.05) is 5.32 Å². The van der Waals surface area contributed by atoms with E-state index in [1.807, 2.05) is 57.3 Å². The smallest absolute Gasteiger partial charge is 0.266 e. The molecule has 3 aromatic heterocycles. The highest BCUT2D eigenvalue weighted by Gasteiger charge is 2.19. The van der Waals surface area contributed by atoms with Gasteiger partial charge < -0.3 is 5.32 Å². The third kappa shape index (κ3) is 4.37. The van der Waals surface area contributed by atoms with E-state index >= 15 is 0 Å². The van der Waals surface area contributed by atoms with E-state index in [0.717, 1.165) is 50.1 Å². The van der Waals surface area contributed by atoms with Crippen LogP contribution in [-0.4, -0.2) is 20.9 Å². The van der Waals surface area contributed by atoms with Crippen molar-refractivity contribution in [1.29, 1.82) is 0 Å². The molecule has 0 saturated carbocycles. The number of fused-ring (bicyclic) bond motifs is 1. The molecule has 5 nitrogen and oxygen atoms in total. The van der Waals surface area contributed by atoms with Gasteiger partial charge in [0.15, 0.2) is 0 Å². The number of hydrogen-bond acceptors (Lipinski definition) is 6. The maximum absolute atomic E-state index is 12.9. The fourth-order valence-electron chi connectivity index (χ4n) is 3.24. The summed E-state index contributed by atoms with van der Waals surface area (Å²) in [5, 5.41) is 4.00. The molecule has 1 amide bonds. The third-order valence-electron chi connectivity index (χ3n) is 4.78. The number of aromatic nitrogens is 3. The molecule has 0 bridgehead atoms. The van der Waals surface area contributed by atoms with Crippen LogP contribution in [0.1, 0.15) is 39.2 Å². The maximum atomic E-state index is 12.9. The normalized spacial score (nSPS) is 11.0. The zero-order valence-electron chi connectivity index (χ0n) is 17.1. The Morgan fingerprint density at radius 2 is 1.93 bits per heavy atom. The number of anilines is 1. The highest BCUT2D eigenvalue weighted by Crippen LogP contribution is 2.32. The van der Waals surface area contributed by atoms with Gasteiger partial charge in [0.25, 0.3) is 5.91 Å². The number of amides is 1. The number of carbonyl (C=O) groups excluding carboxylic acids is 1. The number of nitrogens with zero attached hydrogens (tertiary/aromatic N) is 3. The average Bonchev–Trinajstić information content (AvgIpc) is 3.11. The molecular weight excluding hydrogens is 412 g/mol. The number of pyridine rings is 1. The minimum Gasteiger partial charge on any atom is -0.321 e. The number of hydrogen-bond donors (Lipinski definition) is 1. The van der Waals surface area contributed by atoms with Gasteiger partial charge in [-0.2, -0.15) is 0 Å². The van der Waals surface area contributed by atoms with Crippen LogP contribution >= 0.6 is 23.1 Å². The molecule has 0 unspecified atom stereocenters. The molecule has 1 aromatic carbocycles. The third-order valence-corrected chi connectivity index (χ3v) is 7.05. The SMILES string of the molecule is CCc1nc(C)c2c(C)c(C(=O)Nc3ccc(SCc4cccnc4)cc3)sc2n1. The Morgan fingerprint density at radius 3 is 2.63 bits per heavy atom. The first-order valence-corrected chi connectivity index (χ1v) is 11.5. The van der Waals surface area contributed by atoms with Gasteiger partial charge in [0.05, 0.1) is 4.88 Å². The Bertz CT molecular complexity index is 1190. The predicted octanol–water partition coefficient (Wildman–Crippen LogP) is 5.81. The van der Waals surface area contributed by atoms with Gasteiger partial charge in [0.2, 0.25) is 0 Å². The first-order valence-electron chi connectivity index (χ1n) is 9.75. The fourth-order valence-corrected chi connectivity index (χ4v) is 5.22. The molecule has 0 aliphatic carbocycles. The lowest BCUT2D eigenvalue weighted by Gasteiger charge is -2.06. The second kappa shape index (κ2) is 8.93. The number of benzene rings is 1. The zero-order chi connectivity index (χ0) is 21.1. The number of thiophene rings is 1. The molecule has 7 heteroatoms. The molecule has 152 valence electrons. The van der Waals surface area contributed by atoms with Gasteiger partial charge in [-0.3, -0.25) is 9.78 Å². The average molecular weight is 435 g/mol. The first kappa shape index (κ1) is 20.5. The van der Waals surface area contributed by atoms with Crippen LogP contribution in [0, 0.1) is 13.8 Å². The Balaban J connectivity index is 1.47. The second-order valence-corrected chi connectivity index (χ2v) is 8.99. The van der Waals surface area contributed by atoms with Crippen molar-refractivity contribution in [3.8, 4) is 0 Å². The van der Waals surface area contributed by atoms with Crippen molar-refractivity contribution >= 4 is 44.9 Å². The largest absolute Gasteiger partial charge is 0.321 e. The van der Waals surface area contributed by atoms with E-state index < -0.39 is 0 Å². The standard InChI is InChI=1S/C23H22N4OS2/c1-4-19-25-15(3)20-14(2)21(30-23(20)27-19)22(28)26-17-7-9-18(10-8-17)29-13-16-6-5-11-24-12-16/h5-12H,4,13H2,1-3H3,(H,26,28). The van der Waals surface area contributed by atoms with Gasteiger partial charge in [-0.05, 0) is 55.3 Å². The zero-order valence-corrected chi connectivity index (χ0v) is 18.7. The van der Waals surface area contributed by atoms with Gasteiger partial charge in [0.1, 0.15) is 10.7 Å². The monoisotopic (exact) mass is 434 g/mol. The number of nitrogens with one attached hydrogen (secondary N) is 1. The van der Waals surface area contributed by atoms with Crippen LogP contribution in [0.5, 0.6) is 0 Å². The van der Waals surface area contributed by atoms with E-state index in [9.17, 15) is 4.79 Å². The minimum atomic E-state index is -0.108. The van der Waals surface area contributed by atoms with Crippen LogP contribution in [0.3, 0.4) is 0 Å². The van der Waals surface area contributed by atoms with Crippen LogP contribution in [0.25, 0.3) is 10.2 Å². The van der Waals surface area contributed by atoms with Crippen LogP contribution in [0.2, 0.25) is 0 Å². The number of rotatable bonds is 6. The van der Waals surface area contributed by atoms with Crippen molar-refractivity contribution in [2.45, 2.75) is 37.8 Å². The minimum absolute atomic E-state index is 0.108. The highest BCUT2D eigenvalue weighted by molar-refractivity contribution is 7.98. The Hall–Kier alpha value is -2.77. The topological polar surface area (TPSA) is 67.8 Å². The summed E-state index contributed by atoms with van der Waals surface area (Å²) in [5.74, 6) is 1.57. The van der Waals surface area contributed by atoms with Gasteiger partial charge in [-0.25, -0.2) is 9.97 Å². The summed E-state index contributed by atoms with van der Waals surface area (Å²) in [4.78, 5) is 28.9. The van der Waals surface area contributed by atoms with Crippen molar-refractivity contribution in [2.24, 2.45) is 0 Å². The van der Waals surface area contributed by atoms with E-state index in [-0.39, 0.29) is 5.91 Å². The lowest BCUT2D eigenvalue weighted by atomic mass is 10.1. The van der Waals surface area contributed by atoms with Gasteiger partial charge in [-0.1, -0.05) is 13.0 Å². The first-order chi connectivity index (χ1) is 14.5. The predicted molar refractivity (Wildman–Crippen MR) is 124 cm³/mol. The molecular formula is C23H22N4OS2. The van der Waals surface area contributed by atoms with E-state index in [4.69, 9.17) is 0 Å². The maximum Gasteiger partial charge on any atom is 0.266 e. The number of carbonyl (C=O) groups is 1. The summed E-state index contributed by atoms with van der Waals surface area (Å²) in [7, 11) is 0. The molecule has 1 N–H and O–H groups in total. The van der Waals surface area contributed by atoms with Crippen LogP contribution in [0.15, 0.2) is 53.7 Å². The molecule has 3 heterocycles. The Morgan fingerprint density at radius 1 is 1.13 bits per heavy atom. The molecule has 0 aliphatic heterocycles. The van der Waals surface area contributed by atoms with E-state index in [1.54, 1.807) is 18.0 Å². The molecule has 0 spiro atoms. The lowest BCUT2D eigenvalue weighted by Crippen LogP contribution is -2.11. The molecule has 0 radical (unpaired) electrons. The highest BCUT2D eigenvalue weighted by atomic mass is 32.2.